The number of carbonyl (C=O) groups excluding carboxylic acids is 1. The number of phenolic OH excluding ortho intramolecular Hbond substituents is 1. The predicted octanol–water partition coefficient (Wildman–Crippen LogP) is 3.24. The molecule has 33 heavy (non-hydrogen) atoms. The van der Waals surface area contributed by atoms with Crippen molar-refractivity contribution in [3.8, 4) is 28.2 Å². The minimum atomic E-state index is -1.04. The number of phenols is 1. The number of carbonyl (C=O) groups is 1. The van der Waals surface area contributed by atoms with Gasteiger partial charge >= 0.3 is 5.97 Å². The van der Waals surface area contributed by atoms with Crippen LogP contribution in [0.25, 0.3) is 33.4 Å². The van der Waals surface area contributed by atoms with E-state index >= 15 is 0 Å². The van der Waals surface area contributed by atoms with Gasteiger partial charge in [-0.2, -0.15) is 0 Å². The summed E-state index contributed by atoms with van der Waals surface area (Å²) < 4.78 is 9.50. The van der Waals surface area contributed by atoms with Gasteiger partial charge in [0.2, 0.25) is 0 Å². The Balaban J connectivity index is 0.00000116. The maximum Gasteiger partial charge on any atom is 0.336 e. The van der Waals surface area contributed by atoms with E-state index in [1.807, 2.05) is 0 Å². The number of hydrogen-bond acceptors (Lipinski definition) is 7. The summed E-state index contributed by atoms with van der Waals surface area (Å²) in [4.78, 5) is 32.2. The SMILES string of the molecule is CN.CO[C-]=O.O=C(O)c1ccccc1-c1c2ccc(=O)cc-2oc2cc(O)ccc12.[W].[Y]. The van der Waals surface area contributed by atoms with E-state index in [1.165, 1.54) is 51.0 Å². The van der Waals surface area contributed by atoms with Crippen LogP contribution in [0.1, 0.15) is 10.4 Å². The van der Waals surface area contributed by atoms with Gasteiger partial charge in [-0.05, 0) is 42.9 Å². The standard InChI is InChI=1S/C20H12O5.C2H3O2.CH5N.W.Y/c21-11-5-7-15-17(9-11)25-18-10-12(22)6-8-16(18)19(15)13-3-1-2-4-14(13)20(23)24;1-4-2-3;1-2;;/h1-10,21H,(H,23,24);1H3;2H2,1H3;;/q;-1;;;. The summed E-state index contributed by atoms with van der Waals surface area (Å²) in [6.07, 6.45) is 0. The first-order valence-electron chi connectivity index (χ1n) is 8.96. The number of ether oxygens (including phenoxy) is 1. The van der Waals surface area contributed by atoms with Crippen molar-refractivity contribution in [2.75, 3.05) is 14.2 Å². The van der Waals surface area contributed by atoms with Crippen molar-refractivity contribution in [2.45, 2.75) is 0 Å². The zero-order chi connectivity index (χ0) is 23.0. The second kappa shape index (κ2) is 14.7. The predicted molar refractivity (Wildman–Crippen MR) is 116 cm³/mol. The molecule has 0 saturated carbocycles. The quantitative estimate of drug-likeness (QED) is 0.220. The van der Waals surface area contributed by atoms with E-state index in [0.29, 0.717) is 33.4 Å². The molecular weight excluding hydrogens is 675 g/mol. The summed E-state index contributed by atoms with van der Waals surface area (Å²) in [5, 5.41) is 19.9. The maximum absolute atomic E-state index is 11.7. The molecule has 0 saturated heterocycles. The molecule has 4 N–H and O–H groups in total. The normalized spacial score (nSPS) is 9.18. The first-order chi connectivity index (χ1) is 15.0. The van der Waals surface area contributed by atoms with Crippen LogP contribution in [0.15, 0.2) is 69.9 Å². The molecule has 0 unspecified atom stereocenters. The average Bonchev–Trinajstić information content (AvgIpc) is 2.78. The van der Waals surface area contributed by atoms with Gasteiger partial charge in [0, 0.05) is 89.5 Å². The second-order valence-electron chi connectivity index (χ2n) is 5.95. The number of carboxylic acids is 1. The van der Waals surface area contributed by atoms with Crippen molar-refractivity contribution < 1.29 is 82.7 Å². The molecule has 1 radical (unpaired) electrons. The molecule has 169 valence electrons. The molecule has 0 amide bonds. The van der Waals surface area contributed by atoms with E-state index in [9.17, 15) is 19.8 Å². The van der Waals surface area contributed by atoms with Crippen molar-refractivity contribution in [1.29, 1.82) is 0 Å². The van der Waals surface area contributed by atoms with Crippen LogP contribution in [-0.2, 0) is 63.3 Å². The maximum atomic E-state index is 11.7. The van der Waals surface area contributed by atoms with Gasteiger partial charge in [-0.1, -0.05) is 24.7 Å². The number of hydrogen-bond donors (Lipinski definition) is 3. The number of nitrogens with two attached hydrogens (primary N) is 1. The van der Waals surface area contributed by atoms with Crippen molar-refractivity contribution >= 4 is 23.4 Å². The first-order valence-corrected chi connectivity index (χ1v) is 8.96. The molecule has 2 aliphatic rings. The van der Waals surface area contributed by atoms with E-state index in [4.69, 9.17) is 9.21 Å². The largest absolute Gasteiger partial charge is 0.655 e. The Bertz CT molecular complexity index is 1240. The second-order valence-corrected chi connectivity index (χ2v) is 5.95. The monoisotopic (exact) mass is 695 g/mol. The number of aromatic carboxylic acids is 1. The summed E-state index contributed by atoms with van der Waals surface area (Å²) >= 11 is 0. The summed E-state index contributed by atoms with van der Waals surface area (Å²) in [5.74, 6) is -0.691. The van der Waals surface area contributed by atoms with Crippen LogP contribution in [-0.4, -0.2) is 36.8 Å². The molecule has 1 heterocycles. The number of fused-ring (bicyclic) bond motifs is 2. The van der Waals surface area contributed by atoms with E-state index < -0.39 is 5.97 Å². The van der Waals surface area contributed by atoms with E-state index in [-0.39, 0.29) is 70.5 Å². The van der Waals surface area contributed by atoms with Crippen molar-refractivity contribution in [3.63, 3.8) is 0 Å². The zero-order valence-electron chi connectivity index (χ0n) is 17.8. The fraction of sp³-hybridized carbons (Fsp3) is 0.0870. The molecule has 1 aliphatic heterocycles. The van der Waals surface area contributed by atoms with E-state index in [2.05, 4.69) is 10.5 Å². The molecule has 4 rings (SSSR count). The summed E-state index contributed by atoms with van der Waals surface area (Å²) in [7, 11) is 2.76. The van der Waals surface area contributed by atoms with Crippen LogP contribution in [0.5, 0.6) is 5.75 Å². The molecule has 2 aromatic carbocycles. The van der Waals surface area contributed by atoms with Gasteiger partial charge in [-0.3, -0.25) is 4.79 Å². The fourth-order valence-corrected chi connectivity index (χ4v) is 3.04. The molecular formula is C23H20NO7WY-. The Hall–Kier alpha value is -2.38. The third-order valence-electron chi connectivity index (χ3n) is 4.19. The minimum Gasteiger partial charge on any atom is -0.655 e. The Morgan fingerprint density at radius 3 is 2.27 bits per heavy atom. The molecule has 0 atom stereocenters. The summed E-state index contributed by atoms with van der Waals surface area (Å²) in [5.41, 5.74) is 6.60. The zero-order valence-corrected chi connectivity index (χ0v) is 23.5. The molecule has 8 nitrogen and oxygen atoms in total. The summed E-state index contributed by atoms with van der Waals surface area (Å²) in [6.45, 7) is 1.18. The number of carboxylic acid groups (broad SMARTS) is 1. The third kappa shape index (κ3) is 7.31. The Morgan fingerprint density at radius 2 is 1.67 bits per heavy atom. The Kier molecular flexibility index (Phi) is 13.6. The van der Waals surface area contributed by atoms with Gasteiger partial charge < -0.3 is 29.9 Å². The molecule has 0 fully saturated rings. The average molecular weight is 695 g/mol. The van der Waals surface area contributed by atoms with Gasteiger partial charge in [-0.25, -0.2) is 4.79 Å². The molecule has 2 aromatic rings. The van der Waals surface area contributed by atoms with Crippen molar-refractivity contribution in [1.82, 2.24) is 0 Å². The van der Waals surface area contributed by atoms with E-state index in [1.54, 1.807) is 30.3 Å². The first kappa shape index (κ1) is 30.6. The molecule has 0 spiro atoms. The van der Waals surface area contributed by atoms with Gasteiger partial charge in [0.15, 0.2) is 5.43 Å². The van der Waals surface area contributed by atoms with Crippen LogP contribution in [0.4, 0.5) is 0 Å². The number of methoxy groups -OCH3 is 1. The number of aromatic hydroxyl groups is 1. The number of rotatable bonds is 3. The smallest absolute Gasteiger partial charge is 0.336 e. The van der Waals surface area contributed by atoms with Gasteiger partial charge in [0.05, 0.1) is 5.56 Å². The molecule has 10 heteroatoms. The van der Waals surface area contributed by atoms with Crippen LogP contribution < -0.4 is 11.2 Å². The van der Waals surface area contributed by atoms with Crippen LogP contribution >= 0.6 is 0 Å². The number of benzene rings is 3. The van der Waals surface area contributed by atoms with Crippen LogP contribution in [0, 0.1) is 0 Å². The molecule has 0 aromatic heterocycles. The van der Waals surface area contributed by atoms with Gasteiger partial charge in [-0.15, -0.1) is 0 Å². The van der Waals surface area contributed by atoms with Gasteiger partial charge in [0.25, 0.3) is 0 Å². The van der Waals surface area contributed by atoms with Crippen LogP contribution in [0.2, 0.25) is 0 Å². The molecule has 1 aliphatic carbocycles. The van der Waals surface area contributed by atoms with Crippen LogP contribution in [0.3, 0.4) is 0 Å². The Morgan fingerprint density at radius 1 is 1.03 bits per heavy atom. The Labute approximate surface area is 229 Å². The topological polar surface area (TPSA) is 140 Å². The van der Waals surface area contributed by atoms with Gasteiger partial charge in [0.1, 0.15) is 17.1 Å². The minimum absolute atomic E-state index is 0. The van der Waals surface area contributed by atoms with E-state index in [0.717, 1.165) is 0 Å². The van der Waals surface area contributed by atoms with Crippen molar-refractivity contribution in [2.24, 2.45) is 5.73 Å². The van der Waals surface area contributed by atoms with Crippen molar-refractivity contribution in [3.05, 3.63) is 76.5 Å². The third-order valence-corrected chi connectivity index (χ3v) is 4.19. The fourth-order valence-electron chi connectivity index (χ4n) is 3.04. The molecule has 0 bridgehead atoms. The summed E-state index contributed by atoms with van der Waals surface area (Å²) in [6, 6.07) is 15.7.